The fourth-order valence-electron chi connectivity index (χ4n) is 8.22. The lowest BCUT2D eigenvalue weighted by atomic mass is 9.90. The molecule has 0 saturated carbocycles. The molecule has 11 aromatic rings. The van der Waals surface area contributed by atoms with Gasteiger partial charge in [0, 0.05) is 21.9 Å². The normalized spacial score (nSPS) is 11.6. The number of rotatable bonds is 5. The van der Waals surface area contributed by atoms with Crippen LogP contribution in [0.4, 0.5) is 0 Å². The van der Waals surface area contributed by atoms with Gasteiger partial charge in [-0.3, -0.25) is 0 Å². The Labute approximate surface area is 317 Å². The van der Waals surface area contributed by atoms with Crippen LogP contribution in [0.3, 0.4) is 0 Å². The molecule has 0 aliphatic rings. The van der Waals surface area contributed by atoms with Gasteiger partial charge in [-0.15, -0.1) is 0 Å². The number of hydrogen-bond donors (Lipinski definition) is 0. The Morgan fingerprint density at radius 1 is 0.273 bits per heavy atom. The first-order chi connectivity index (χ1) is 27.3. The third kappa shape index (κ3) is 5.11. The Balaban J connectivity index is 1.24. The minimum Gasteiger partial charge on any atom is -0.455 e. The maximum absolute atomic E-state index is 6.58. The van der Waals surface area contributed by atoms with Crippen LogP contribution in [-0.4, -0.2) is 15.0 Å². The highest BCUT2D eigenvalue weighted by Crippen LogP contribution is 2.43. The van der Waals surface area contributed by atoms with Crippen LogP contribution in [-0.2, 0) is 0 Å². The van der Waals surface area contributed by atoms with Gasteiger partial charge in [0.2, 0.25) is 0 Å². The molecule has 0 aliphatic carbocycles. The van der Waals surface area contributed by atoms with Crippen LogP contribution in [0.2, 0.25) is 0 Å². The van der Waals surface area contributed by atoms with Crippen molar-refractivity contribution < 1.29 is 4.42 Å². The van der Waals surface area contributed by atoms with E-state index in [4.69, 9.17) is 19.4 Å². The molecule has 55 heavy (non-hydrogen) atoms. The van der Waals surface area contributed by atoms with E-state index in [1.807, 2.05) is 18.2 Å². The highest BCUT2D eigenvalue weighted by Gasteiger charge is 2.23. The SMILES string of the molecule is c1ccc(-c2cccc3ccccc23)c(-c2nc(-c3c(-c4cccc5ccccc45)ccc4ccccc34)nc(-c3cccc4c3oc3ccccc34)n2)c1. The van der Waals surface area contributed by atoms with Gasteiger partial charge in [-0.1, -0.05) is 176 Å². The summed E-state index contributed by atoms with van der Waals surface area (Å²) in [5.41, 5.74) is 8.63. The molecule has 2 aromatic heterocycles. The molecule has 4 nitrogen and oxygen atoms in total. The number of hydrogen-bond acceptors (Lipinski definition) is 4. The maximum Gasteiger partial charge on any atom is 0.167 e. The first kappa shape index (κ1) is 31.1. The average molecular weight is 702 g/mol. The third-order valence-corrected chi connectivity index (χ3v) is 10.8. The van der Waals surface area contributed by atoms with Crippen molar-refractivity contribution in [3.63, 3.8) is 0 Å². The standard InChI is InChI=1S/C51H31N3O/c1-4-19-35-32(14-1)17-11-25-38(35)40-22-7-8-24-44(40)49-52-50(45-28-13-27-43-41-23-9-10-29-46(41)55-48(43)45)54-51(53-49)47-37-21-6-3-16-34(37)30-31-42(47)39-26-12-18-33-15-2-5-20-36(33)39/h1-31H. The molecule has 0 spiro atoms. The van der Waals surface area contributed by atoms with Crippen molar-refractivity contribution in [3.05, 3.63) is 188 Å². The van der Waals surface area contributed by atoms with Crippen molar-refractivity contribution in [2.45, 2.75) is 0 Å². The molecule has 0 N–H and O–H groups in total. The van der Waals surface area contributed by atoms with E-state index in [0.29, 0.717) is 17.5 Å². The van der Waals surface area contributed by atoms with Crippen molar-refractivity contribution in [3.8, 4) is 56.4 Å². The first-order valence-corrected chi connectivity index (χ1v) is 18.5. The van der Waals surface area contributed by atoms with Gasteiger partial charge in [-0.05, 0) is 66.7 Å². The van der Waals surface area contributed by atoms with E-state index in [1.165, 1.54) is 21.5 Å². The molecule has 0 saturated heterocycles. The summed E-state index contributed by atoms with van der Waals surface area (Å²) in [6.07, 6.45) is 0. The zero-order valence-electron chi connectivity index (χ0n) is 29.6. The van der Waals surface area contributed by atoms with Crippen molar-refractivity contribution in [1.82, 2.24) is 15.0 Å². The summed E-state index contributed by atoms with van der Waals surface area (Å²) in [6, 6.07) is 65.7. The smallest absolute Gasteiger partial charge is 0.167 e. The van der Waals surface area contributed by atoms with Gasteiger partial charge in [-0.25, -0.2) is 15.0 Å². The second-order valence-corrected chi connectivity index (χ2v) is 13.9. The number of nitrogens with zero attached hydrogens (tertiary/aromatic N) is 3. The van der Waals surface area contributed by atoms with E-state index >= 15 is 0 Å². The Morgan fingerprint density at radius 2 is 0.727 bits per heavy atom. The summed E-state index contributed by atoms with van der Waals surface area (Å²) in [4.78, 5) is 16.2. The number of benzene rings is 9. The second kappa shape index (κ2) is 12.6. The lowest BCUT2D eigenvalue weighted by Gasteiger charge is -2.17. The Morgan fingerprint density at radius 3 is 1.45 bits per heavy atom. The van der Waals surface area contributed by atoms with Crippen molar-refractivity contribution in [2.24, 2.45) is 0 Å². The van der Waals surface area contributed by atoms with Crippen molar-refractivity contribution in [2.75, 3.05) is 0 Å². The number of fused-ring (bicyclic) bond motifs is 6. The lowest BCUT2D eigenvalue weighted by Crippen LogP contribution is -2.03. The number of para-hydroxylation sites is 2. The van der Waals surface area contributed by atoms with Crippen LogP contribution in [0.25, 0.3) is 111 Å². The summed E-state index contributed by atoms with van der Waals surface area (Å²) in [7, 11) is 0. The molecule has 0 atom stereocenters. The second-order valence-electron chi connectivity index (χ2n) is 13.9. The molecule has 256 valence electrons. The van der Waals surface area contributed by atoms with Gasteiger partial charge in [0.1, 0.15) is 11.2 Å². The van der Waals surface area contributed by atoms with Crippen molar-refractivity contribution >= 4 is 54.3 Å². The van der Waals surface area contributed by atoms with Gasteiger partial charge in [0.15, 0.2) is 17.5 Å². The van der Waals surface area contributed by atoms with Crippen LogP contribution in [0, 0.1) is 0 Å². The first-order valence-electron chi connectivity index (χ1n) is 18.5. The lowest BCUT2D eigenvalue weighted by molar-refractivity contribution is 0.669. The Bertz CT molecular complexity index is 3280. The monoisotopic (exact) mass is 701 g/mol. The molecule has 0 unspecified atom stereocenters. The van der Waals surface area contributed by atoms with Gasteiger partial charge in [0.25, 0.3) is 0 Å². The summed E-state index contributed by atoms with van der Waals surface area (Å²) in [5, 5.41) is 8.96. The molecule has 0 aliphatic heterocycles. The fourth-order valence-corrected chi connectivity index (χ4v) is 8.22. The summed E-state index contributed by atoms with van der Waals surface area (Å²) in [6.45, 7) is 0. The van der Waals surface area contributed by atoms with E-state index in [1.54, 1.807) is 0 Å². The number of furan rings is 1. The van der Waals surface area contributed by atoms with E-state index < -0.39 is 0 Å². The van der Waals surface area contributed by atoms with Gasteiger partial charge in [-0.2, -0.15) is 0 Å². The van der Waals surface area contributed by atoms with Crippen LogP contribution in [0.5, 0.6) is 0 Å². The van der Waals surface area contributed by atoms with E-state index in [-0.39, 0.29) is 0 Å². The molecular weight excluding hydrogens is 671 g/mol. The van der Waals surface area contributed by atoms with Crippen LogP contribution in [0.15, 0.2) is 192 Å². The highest BCUT2D eigenvalue weighted by atomic mass is 16.3. The Hall–Kier alpha value is -7.43. The zero-order chi connectivity index (χ0) is 36.3. The molecule has 0 amide bonds. The predicted molar refractivity (Wildman–Crippen MR) is 227 cm³/mol. The third-order valence-electron chi connectivity index (χ3n) is 10.8. The van der Waals surface area contributed by atoms with E-state index in [9.17, 15) is 0 Å². The van der Waals surface area contributed by atoms with Crippen LogP contribution >= 0.6 is 0 Å². The van der Waals surface area contributed by atoms with Gasteiger partial charge < -0.3 is 4.42 Å². The van der Waals surface area contributed by atoms with E-state index in [0.717, 1.165) is 71.7 Å². The molecule has 0 bridgehead atoms. The minimum absolute atomic E-state index is 0.550. The molecule has 9 aromatic carbocycles. The predicted octanol–water partition coefficient (Wildman–Crippen LogP) is 13.6. The molecule has 2 heterocycles. The van der Waals surface area contributed by atoms with Gasteiger partial charge in [0.05, 0.1) is 5.56 Å². The van der Waals surface area contributed by atoms with Crippen molar-refractivity contribution in [1.29, 1.82) is 0 Å². The average Bonchev–Trinajstić information content (AvgIpc) is 3.64. The molecule has 0 fully saturated rings. The fraction of sp³-hybridized carbons (Fsp3) is 0. The largest absolute Gasteiger partial charge is 0.455 e. The summed E-state index contributed by atoms with van der Waals surface area (Å²) >= 11 is 0. The highest BCUT2D eigenvalue weighted by molar-refractivity contribution is 6.10. The minimum atomic E-state index is 0.550. The topological polar surface area (TPSA) is 51.8 Å². The zero-order valence-corrected chi connectivity index (χ0v) is 29.6. The van der Waals surface area contributed by atoms with Crippen LogP contribution < -0.4 is 0 Å². The Kier molecular flexibility index (Phi) is 7.14. The number of aromatic nitrogens is 3. The quantitative estimate of drug-likeness (QED) is 0.179. The molecular formula is C51H31N3O. The van der Waals surface area contributed by atoms with E-state index in [2.05, 4.69) is 170 Å². The molecule has 11 rings (SSSR count). The molecule has 4 heteroatoms. The summed E-state index contributed by atoms with van der Waals surface area (Å²) < 4.78 is 6.58. The summed E-state index contributed by atoms with van der Waals surface area (Å²) in [5.74, 6) is 1.74. The molecule has 0 radical (unpaired) electrons. The van der Waals surface area contributed by atoms with Crippen LogP contribution in [0.1, 0.15) is 0 Å². The maximum atomic E-state index is 6.58. The van der Waals surface area contributed by atoms with Gasteiger partial charge >= 0.3 is 0 Å².